The van der Waals surface area contributed by atoms with Crippen molar-refractivity contribution in [3.05, 3.63) is 30.0 Å². The van der Waals surface area contributed by atoms with Gasteiger partial charge in [0, 0.05) is 5.56 Å². The van der Waals surface area contributed by atoms with Gasteiger partial charge in [-0.2, -0.15) is 5.10 Å². The standard InChI is InChI=1S/C18H25N3O4/c1-5-11(2)16(10-22)19-18(23)15-9-14(20-21-15)13-8-12(24-3)6-7-17(13)25-4/h6-9,11,16,22H,5,10H2,1-4H3,(H,19,23)(H,20,21)/t11-,16+/m0/s1. The van der Waals surface area contributed by atoms with E-state index in [1.807, 2.05) is 13.8 Å². The van der Waals surface area contributed by atoms with Gasteiger partial charge in [-0.1, -0.05) is 20.3 Å². The minimum absolute atomic E-state index is 0.106. The van der Waals surface area contributed by atoms with Gasteiger partial charge in [0.2, 0.25) is 0 Å². The number of nitrogens with one attached hydrogen (secondary N) is 2. The quantitative estimate of drug-likeness (QED) is 0.680. The normalized spacial score (nSPS) is 13.2. The molecule has 2 aromatic rings. The fraction of sp³-hybridized carbons (Fsp3) is 0.444. The van der Waals surface area contributed by atoms with E-state index in [1.165, 1.54) is 0 Å². The molecule has 0 aliphatic heterocycles. The van der Waals surface area contributed by atoms with Crippen LogP contribution in [-0.4, -0.2) is 48.1 Å². The van der Waals surface area contributed by atoms with Crippen LogP contribution < -0.4 is 14.8 Å². The fourth-order valence-electron chi connectivity index (χ4n) is 2.49. The van der Waals surface area contributed by atoms with E-state index >= 15 is 0 Å². The van der Waals surface area contributed by atoms with E-state index < -0.39 is 0 Å². The van der Waals surface area contributed by atoms with Gasteiger partial charge >= 0.3 is 0 Å². The van der Waals surface area contributed by atoms with E-state index in [1.54, 1.807) is 38.5 Å². The van der Waals surface area contributed by atoms with Gasteiger partial charge in [0.15, 0.2) is 0 Å². The minimum atomic E-state index is -0.306. The van der Waals surface area contributed by atoms with Crippen molar-refractivity contribution < 1.29 is 19.4 Å². The van der Waals surface area contributed by atoms with Crippen molar-refractivity contribution in [2.75, 3.05) is 20.8 Å². The second-order valence-corrected chi connectivity index (χ2v) is 5.88. The molecule has 7 nitrogen and oxygen atoms in total. The first kappa shape index (κ1) is 18.8. The number of H-pyrrole nitrogens is 1. The van der Waals surface area contributed by atoms with Gasteiger partial charge < -0.3 is 19.9 Å². The summed E-state index contributed by atoms with van der Waals surface area (Å²) < 4.78 is 10.6. The van der Waals surface area contributed by atoms with Crippen LogP contribution in [0.15, 0.2) is 24.3 Å². The summed E-state index contributed by atoms with van der Waals surface area (Å²) in [6.45, 7) is 3.90. The molecule has 0 aliphatic carbocycles. The van der Waals surface area contributed by atoms with Crippen molar-refractivity contribution in [1.82, 2.24) is 15.5 Å². The van der Waals surface area contributed by atoms with Gasteiger partial charge in [-0.25, -0.2) is 0 Å². The molecular formula is C18H25N3O4. The summed E-state index contributed by atoms with van der Waals surface area (Å²) in [5, 5.41) is 19.2. The molecule has 0 fully saturated rings. The molecule has 3 N–H and O–H groups in total. The average molecular weight is 347 g/mol. The number of benzene rings is 1. The Morgan fingerprint density at radius 1 is 1.32 bits per heavy atom. The zero-order valence-electron chi connectivity index (χ0n) is 15.0. The highest BCUT2D eigenvalue weighted by molar-refractivity contribution is 5.93. The number of methoxy groups -OCH3 is 2. The van der Waals surface area contributed by atoms with Gasteiger partial charge in [0.25, 0.3) is 5.91 Å². The van der Waals surface area contributed by atoms with Crippen molar-refractivity contribution in [2.45, 2.75) is 26.3 Å². The summed E-state index contributed by atoms with van der Waals surface area (Å²) in [7, 11) is 3.16. The van der Waals surface area contributed by atoms with E-state index in [0.717, 1.165) is 12.0 Å². The summed E-state index contributed by atoms with van der Waals surface area (Å²) in [5.74, 6) is 1.17. The lowest BCUT2D eigenvalue weighted by Gasteiger charge is -2.21. The highest BCUT2D eigenvalue weighted by Gasteiger charge is 2.20. The highest BCUT2D eigenvalue weighted by atomic mass is 16.5. The number of nitrogens with zero attached hydrogens (tertiary/aromatic N) is 1. The van der Waals surface area contributed by atoms with Gasteiger partial charge in [0.05, 0.1) is 32.6 Å². The Hall–Kier alpha value is -2.54. The Morgan fingerprint density at radius 2 is 2.08 bits per heavy atom. The van der Waals surface area contributed by atoms with Crippen molar-refractivity contribution in [1.29, 1.82) is 0 Å². The summed E-state index contributed by atoms with van der Waals surface area (Å²) in [4.78, 5) is 12.4. The summed E-state index contributed by atoms with van der Waals surface area (Å²) in [6.07, 6.45) is 0.862. The van der Waals surface area contributed by atoms with Crippen LogP contribution in [0.25, 0.3) is 11.3 Å². The zero-order chi connectivity index (χ0) is 18.4. The Bertz CT molecular complexity index is 714. The van der Waals surface area contributed by atoms with Crippen LogP contribution in [0.5, 0.6) is 11.5 Å². The molecule has 0 radical (unpaired) electrons. The first-order valence-electron chi connectivity index (χ1n) is 8.23. The van der Waals surface area contributed by atoms with Gasteiger partial charge in [-0.15, -0.1) is 0 Å². The number of aliphatic hydroxyl groups is 1. The maximum absolute atomic E-state index is 12.4. The number of hydrogen-bond acceptors (Lipinski definition) is 5. The van der Waals surface area contributed by atoms with E-state index in [4.69, 9.17) is 9.47 Å². The Morgan fingerprint density at radius 3 is 2.68 bits per heavy atom. The molecule has 1 aromatic carbocycles. The number of carbonyl (C=O) groups excluding carboxylic acids is 1. The van der Waals surface area contributed by atoms with E-state index in [0.29, 0.717) is 22.9 Å². The Balaban J connectivity index is 2.23. The predicted octanol–water partition coefficient (Wildman–Crippen LogP) is 2.23. The molecule has 1 heterocycles. The minimum Gasteiger partial charge on any atom is -0.497 e. The lowest BCUT2D eigenvalue weighted by atomic mass is 10.00. The maximum atomic E-state index is 12.4. The Labute approximate surface area is 147 Å². The van der Waals surface area contributed by atoms with E-state index in [-0.39, 0.29) is 24.5 Å². The van der Waals surface area contributed by atoms with Crippen molar-refractivity contribution in [2.24, 2.45) is 5.92 Å². The SMILES string of the molecule is CC[C@H](C)[C@@H](CO)NC(=O)c1cc(-c2cc(OC)ccc2OC)n[nH]1. The van der Waals surface area contributed by atoms with Crippen molar-refractivity contribution >= 4 is 5.91 Å². The molecule has 1 aromatic heterocycles. The first-order chi connectivity index (χ1) is 12.0. The number of amides is 1. The number of aromatic nitrogens is 2. The molecule has 0 unspecified atom stereocenters. The van der Waals surface area contributed by atoms with Gasteiger partial charge in [-0.3, -0.25) is 9.89 Å². The third-order valence-corrected chi connectivity index (χ3v) is 4.35. The van der Waals surface area contributed by atoms with Gasteiger partial charge in [-0.05, 0) is 30.2 Å². The summed E-state index contributed by atoms with van der Waals surface area (Å²) in [6, 6.07) is 6.73. The molecule has 25 heavy (non-hydrogen) atoms. The van der Waals surface area contributed by atoms with Crippen LogP contribution >= 0.6 is 0 Å². The molecule has 1 amide bonds. The van der Waals surface area contributed by atoms with Crippen LogP contribution in [0.4, 0.5) is 0 Å². The maximum Gasteiger partial charge on any atom is 0.269 e. The highest BCUT2D eigenvalue weighted by Crippen LogP contribution is 2.32. The lowest BCUT2D eigenvalue weighted by Crippen LogP contribution is -2.42. The molecular weight excluding hydrogens is 322 g/mol. The molecule has 0 spiro atoms. The molecule has 136 valence electrons. The predicted molar refractivity (Wildman–Crippen MR) is 94.9 cm³/mol. The van der Waals surface area contributed by atoms with Crippen LogP contribution in [-0.2, 0) is 0 Å². The lowest BCUT2D eigenvalue weighted by molar-refractivity contribution is 0.0886. The summed E-state index contributed by atoms with van der Waals surface area (Å²) in [5.41, 5.74) is 1.62. The van der Waals surface area contributed by atoms with Crippen LogP contribution in [0.2, 0.25) is 0 Å². The van der Waals surface area contributed by atoms with Crippen LogP contribution in [0, 0.1) is 5.92 Å². The number of rotatable bonds is 8. The topological polar surface area (TPSA) is 96.5 Å². The molecule has 0 aliphatic rings. The molecule has 0 bridgehead atoms. The zero-order valence-corrected chi connectivity index (χ0v) is 15.0. The summed E-state index contributed by atoms with van der Waals surface area (Å²) >= 11 is 0. The number of aliphatic hydroxyl groups excluding tert-OH is 1. The first-order valence-corrected chi connectivity index (χ1v) is 8.23. The third-order valence-electron chi connectivity index (χ3n) is 4.35. The Kier molecular flexibility index (Phi) is 6.41. The third kappa shape index (κ3) is 4.30. The second kappa shape index (κ2) is 8.53. The molecule has 7 heteroatoms. The van der Waals surface area contributed by atoms with E-state index in [2.05, 4.69) is 15.5 Å². The van der Waals surface area contributed by atoms with Gasteiger partial charge in [0.1, 0.15) is 17.2 Å². The van der Waals surface area contributed by atoms with Crippen molar-refractivity contribution in [3.8, 4) is 22.8 Å². The fourth-order valence-corrected chi connectivity index (χ4v) is 2.49. The van der Waals surface area contributed by atoms with Crippen LogP contribution in [0.1, 0.15) is 30.8 Å². The molecule has 2 atom stereocenters. The average Bonchev–Trinajstić information content (AvgIpc) is 3.14. The largest absolute Gasteiger partial charge is 0.497 e. The number of aromatic amines is 1. The molecule has 0 saturated heterocycles. The monoisotopic (exact) mass is 347 g/mol. The van der Waals surface area contributed by atoms with Crippen LogP contribution in [0.3, 0.4) is 0 Å². The molecule has 2 rings (SSSR count). The van der Waals surface area contributed by atoms with E-state index in [9.17, 15) is 9.90 Å². The van der Waals surface area contributed by atoms with Crippen molar-refractivity contribution in [3.63, 3.8) is 0 Å². The molecule has 0 saturated carbocycles. The smallest absolute Gasteiger partial charge is 0.269 e. The number of carbonyl (C=O) groups is 1. The second-order valence-electron chi connectivity index (χ2n) is 5.88. The number of ether oxygens (including phenoxy) is 2. The number of hydrogen-bond donors (Lipinski definition) is 3.